The Kier molecular flexibility index (Phi) is 4.23. The summed E-state index contributed by atoms with van der Waals surface area (Å²) in [6.45, 7) is 3.70. The average molecular weight is 176 g/mol. The number of benzene rings is 1. The van der Waals surface area contributed by atoms with Gasteiger partial charge in [-0.05, 0) is 18.4 Å². The lowest BCUT2D eigenvalue weighted by molar-refractivity contribution is 0.578. The quantitative estimate of drug-likeness (QED) is 0.406. The Morgan fingerprint density at radius 3 is 2.62 bits per heavy atom. The van der Waals surface area contributed by atoms with Gasteiger partial charge in [0.05, 0.1) is 0 Å². The molecule has 0 aliphatic heterocycles. The molecule has 0 radical (unpaired) electrons. The van der Waals surface area contributed by atoms with Gasteiger partial charge in [0.25, 0.3) is 0 Å². The summed E-state index contributed by atoms with van der Waals surface area (Å²) in [4.78, 5) is 0. The molecule has 13 heavy (non-hydrogen) atoms. The van der Waals surface area contributed by atoms with Gasteiger partial charge in [0.1, 0.15) is 0 Å². The van der Waals surface area contributed by atoms with Crippen molar-refractivity contribution in [2.75, 3.05) is 0 Å². The van der Waals surface area contributed by atoms with Gasteiger partial charge in [0.2, 0.25) is 0 Å². The maximum Gasteiger partial charge on any atom is 0.0391 e. The fourth-order valence-electron chi connectivity index (χ4n) is 1.24. The second-order valence-corrected chi connectivity index (χ2v) is 3.03. The molecule has 1 aromatic carbocycles. The molecule has 70 valence electrons. The van der Waals surface area contributed by atoms with E-state index >= 15 is 0 Å². The zero-order valence-corrected chi connectivity index (χ0v) is 7.74. The number of nitrogens with one attached hydrogen (secondary N) is 1. The molecule has 0 bridgehead atoms. The minimum Gasteiger partial charge on any atom is -0.271 e. The van der Waals surface area contributed by atoms with Gasteiger partial charge in [-0.3, -0.25) is 11.3 Å². The summed E-state index contributed by atoms with van der Waals surface area (Å²) in [5.41, 5.74) is 4.04. The summed E-state index contributed by atoms with van der Waals surface area (Å²) in [6, 6.07) is 10.6. The van der Waals surface area contributed by atoms with Gasteiger partial charge in [0, 0.05) is 6.04 Å². The van der Waals surface area contributed by atoms with Crippen LogP contribution in [0.3, 0.4) is 0 Å². The van der Waals surface area contributed by atoms with Crippen LogP contribution < -0.4 is 11.3 Å². The van der Waals surface area contributed by atoms with Crippen LogP contribution in [0.25, 0.3) is 0 Å². The van der Waals surface area contributed by atoms with E-state index in [4.69, 9.17) is 5.84 Å². The van der Waals surface area contributed by atoms with Gasteiger partial charge >= 0.3 is 0 Å². The summed E-state index contributed by atoms with van der Waals surface area (Å²) in [7, 11) is 0. The lowest BCUT2D eigenvalue weighted by atomic mass is 10.1. The number of rotatable bonds is 5. The minimum atomic E-state index is 0.209. The lowest BCUT2D eigenvalue weighted by Crippen LogP contribution is -2.33. The van der Waals surface area contributed by atoms with Crippen molar-refractivity contribution < 1.29 is 0 Å². The zero-order valence-electron chi connectivity index (χ0n) is 7.74. The largest absolute Gasteiger partial charge is 0.271 e. The van der Waals surface area contributed by atoms with Crippen molar-refractivity contribution in [3.05, 3.63) is 48.6 Å². The zero-order chi connectivity index (χ0) is 9.52. The predicted octanol–water partition coefficient (Wildman–Crippen LogP) is 1.64. The van der Waals surface area contributed by atoms with Crippen LogP contribution in [0.15, 0.2) is 43.0 Å². The first-order chi connectivity index (χ1) is 6.36. The van der Waals surface area contributed by atoms with E-state index in [9.17, 15) is 0 Å². The number of hydrogen-bond acceptors (Lipinski definition) is 2. The molecule has 0 spiro atoms. The molecule has 0 saturated heterocycles. The molecular formula is C11H16N2. The third-order valence-corrected chi connectivity index (χ3v) is 2.09. The number of nitrogens with two attached hydrogens (primary N) is 1. The number of aryl methyl sites for hydroxylation is 1. The molecule has 0 aliphatic carbocycles. The van der Waals surface area contributed by atoms with Crippen molar-refractivity contribution >= 4 is 0 Å². The van der Waals surface area contributed by atoms with Gasteiger partial charge in [0.15, 0.2) is 0 Å². The number of hydrazine groups is 1. The van der Waals surface area contributed by atoms with Crippen LogP contribution >= 0.6 is 0 Å². The lowest BCUT2D eigenvalue weighted by Gasteiger charge is -2.09. The molecule has 0 saturated carbocycles. The van der Waals surface area contributed by atoms with E-state index < -0.39 is 0 Å². The summed E-state index contributed by atoms with van der Waals surface area (Å²) in [5.74, 6) is 5.33. The highest BCUT2D eigenvalue weighted by atomic mass is 15.2. The SMILES string of the molecule is C=CC(CCc1ccccc1)NN. The molecule has 0 fully saturated rings. The average Bonchev–Trinajstić information content (AvgIpc) is 2.21. The normalized spacial score (nSPS) is 12.4. The molecule has 2 heteroatoms. The van der Waals surface area contributed by atoms with Crippen LogP contribution in [0.1, 0.15) is 12.0 Å². The van der Waals surface area contributed by atoms with E-state index in [0.717, 1.165) is 12.8 Å². The molecule has 1 aromatic rings. The summed E-state index contributed by atoms with van der Waals surface area (Å²) in [5, 5.41) is 0. The molecule has 0 aliphatic rings. The van der Waals surface area contributed by atoms with E-state index in [-0.39, 0.29) is 6.04 Å². The Hall–Kier alpha value is -1.12. The Labute approximate surface area is 79.4 Å². The van der Waals surface area contributed by atoms with Gasteiger partial charge in [-0.15, -0.1) is 6.58 Å². The highest BCUT2D eigenvalue weighted by Crippen LogP contribution is 2.04. The van der Waals surface area contributed by atoms with Gasteiger partial charge in [-0.25, -0.2) is 0 Å². The molecule has 0 heterocycles. The minimum absolute atomic E-state index is 0.209. The summed E-state index contributed by atoms with van der Waals surface area (Å²) < 4.78 is 0. The molecule has 3 N–H and O–H groups in total. The Bertz CT molecular complexity index is 244. The molecule has 1 atom stereocenters. The smallest absolute Gasteiger partial charge is 0.0391 e. The van der Waals surface area contributed by atoms with Crippen molar-refractivity contribution in [2.45, 2.75) is 18.9 Å². The second kappa shape index (κ2) is 5.51. The first-order valence-electron chi connectivity index (χ1n) is 4.49. The molecule has 0 aromatic heterocycles. The first-order valence-corrected chi connectivity index (χ1v) is 4.49. The molecular weight excluding hydrogens is 160 g/mol. The summed E-state index contributed by atoms with van der Waals surface area (Å²) in [6.07, 6.45) is 3.86. The standard InChI is InChI=1S/C11H16N2/c1-2-11(13-12)9-8-10-6-4-3-5-7-10/h2-7,11,13H,1,8-9,12H2. The highest BCUT2D eigenvalue weighted by molar-refractivity contribution is 5.15. The van der Waals surface area contributed by atoms with E-state index in [1.165, 1.54) is 5.56 Å². The van der Waals surface area contributed by atoms with Crippen LogP contribution in [-0.2, 0) is 6.42 Å². The molecule has 2 nitrogen and oxygen atoms in total. The molecule has 1 rings (SSSR count). The Morgan fingerprint density at radius 2 is 2.08 bits per heavy atom. The maximum absolute atomic E-state index is 5.33. The third-order valence-electron chi connectivity index (χ3n) is 2.09. The van der Waals surface area contributed by atoms with Crippen LogP contribution in [0.5, 0.6) is 0 Å². The second-order valence-electron chi connectivity index (χ2n) is 3.03. The summed E-state index contributed by atoms with van der Waals surface area (Å²) >= 11 is 0. The van der Waals surface area contributed by atoms with E-state index in [1.807, 2.05) is 24.3 Å². The van der Waals surface area contributed by atoms with Crippen LogP contribution in [0, 0.1) is 0 Å². The predicted molar refractivity (Wildman–Crippen MR) is 56.1 cm³/mol. The van der Waals surface area contributed by atoms with Gasteiger partial charge in [-0.2, -0.15) is 0 Å². The van der Waals surface area contributed by atoms with Crippen LogP contribution in [-0.4, -0.2) is 6.04 Å². The van der Waals surface area contributed by atoms with Crippen LogP contribution in [0.2, 0.25) is 0 Å². The Morgan fingerprint density at radius 1 is 1.38 bits per heavy atom. The van der Waals surface area contributed by atoms with E-state index in [1.54, 1.807) is 0 Å². The van der Waals surface area contributed by atoms with Crippen molar-refractivity contribution in [3.8, 4) is 0 Å². The van der Waals surface area contributed by atoms with E-state index in [2.05, 4.69) is 24.1 Å². The topological polar surface area (TPSA) is 38.0 Å². The van der Waals surface area contributed by atoms with Gasteiger partial charge < -0.3 is 0 Å². The molecule has 0 amide bonds. The van der Waals surface area contributed by atoms with Crippen molar-refractivity contribution in [3.63, 3.8) is 0 Å². The Balaban J connectivity index is 2.38. The molecule has 1 unspecified atom stereocenters. The van der Waals surface area contributed by atoms with Crippen molar-refractivity contribution in [2.24, 2.45) is 5.84 Å². The van der Waals surface area contributed by atoms with Crippen LogP contribution in [0.4, 0.5) is 0 Å². The fourth-order valence-corrected chi connectivity index (χ4v) is 1.24. The monoisotopic (exact) mass is 176 g/mol. The highest BCUT2D eigenvalue weighted by Gasteiger charge is 2.00. The van der Waals surface area contributed by atoms with Crippen molar-refractivity contribution in [1.29, 1.82) is 0 Å². The number of hydrogen-bond donors (Lipinski definition) is 2. The van der Waals surface area contributed by atoms with E-state index in [0.29, 0.717) is 0 Å². The maximum atomic E-state index is 5.33. The van der Waals surface area contributed by atoms with Gasteiger partial charge in [-0.1, -0.05) is 36.4 Å². The third kappa shape index (κ3) is 3.40. The van der Waals surface area contributed by atoms with Crippen molar-refractivity contribution in [1.82, 2.24) is 5.43 Å². The first kappa shape index (κ1) is 9.96. The fraction of sp³-hybridized carbons (Fsp3) is 0.273.